The van der Waals surface area contributed by atoms with Gasteiger partial charge in [0.1, 0.15) is 11.5 Å². The summed E-state index contributed by atoms with van der Waals surface area (Å²) in [7, 11) is 0. The van der Waals surface area contributed by atoms with E-state index >= 15 is 0 Å². The lowest BCUT2D eigenvalue weighted by molar-refractivity contribution is 0.0411. The van der Waals surface area contributed by atoms with E-state index in [2.05, 4.69) is 11.0 Å². The molecule has 1 saturated carbocycles. The summed E-state index contributed by atoms with van der Waals surface area (Å²) in [6.45, 7) is 5.02. The Bertz CT molecular complexity index is 424. The average Bonchev–Trinajstić information content (AvgIpc) is 2.89. The maximum atomic E-state index is 6.01. The molecule has 2 N–H and O–H groups in total. The summed E-state index contributed by atoms with van der Waals surface area (Å²) in [4.78, 5) is 2.54. The highest BCUT2D eigenvalue weighted by Gasteiger charge is 2.37. The number of rotatable bonds is 3. The van der Waals surface area contributed by atoms with Crippen molar-refractivity contribution in [1.29, 1.82) is 0 Å². The van der Waals surface area contributed by atoms with Crippen LogP contribution in [0.1, 0.15) is 62.5 Å². The van der Waals surface area contributed by atoms with Crippen LogP contribution in [-0.2, 0) is 0 Å². The maximum absolute atomic E-state index is 6.01. The van der Waals surface area contributed by atoms with E-state index in [0.717, 1.165) is 11.5 Å². The van der Waals surface area contributed by atoms with Crippen LogP contribution in [0.2, 0.25) is 0 Å². The summed E-state index contributed by atoms with van der Waals surface area (Å²) >= 11 is 0. The predicted molar refractivity (Wildman–Crippen MR) is 81.6 cm³/mol. The lowest BCUT2D eigenvalue weighted by Crippen LogP contribution is -2.44. The van der Waals surface area contributed by atoms with Crippen molar-refractivity contribution in [3.8, 4) is 0 Å². The molecule has 0 bridgehead atoms. The highest BCUT2D eigenvalue weighted by atomic mass is 16.3. The second-order valence-electron chi connectivity index (χ2n) is 6.80. The van der Waals surface area contributed by atoms with Gasteiger partial charge in [-0.15, -0.1) is 0 Å². The third kappa shape index (κ3) is 2.79. The zero-order chi connectivity index (χ0) is 14.0. The third-order valence-electron chi connectivity index (χ3n) is 5.53. The molecule has 1 spiro atoms. The van der Waals surface area contributed by atoms with Crippen molar-refractivity contribution in [3.05, 3.63) is 23.7 Å². The SMILES string of the molecule is Cc1ccc(C(CN)N2CCC3(CCCCC3)CC2)o1. The normalized spacial score (nSPS) is 24.9. The molecule has 2 aliphatic rings. The van der Waals surface area contributed by atoms with Crippen LogP contribution in [0.5, 0.6) is 0 Å². The minimum absolute atomic E-state index is 0.268. The smallest absolute Gasteiger partial charge is 0.122 e. The fourth-order valence-corrected chi connectivity index (χ4v) is 4.19. The first-order chi connectivity index (χ1) is 9.72. The number of furan rings is 1. The van der Waals surface area contributed by atoms with Crippen LogP contribution in [0.4, 0.5) is 0 Å². The van der Waals surface area contributed by atoms with Crippen LogP contribution in [0.3, 0.4) is 0 Å². The summed E-state index contributed by atoms with van der Waals surface area (Å²) in [5, 5.41) is 0. The van der Waals surface area contributed by atoms with Crippen molar-refractivity contribution < 1.29 is 4.42 Å². The Morgan fingerprint density at radius 1 is 1.15 bits per heavy atom. The molecule has 0 amide bonds. The van der Waals surface area contributed by atoms with Gasteiger partial charge < -0.3 is 10.2 Å². The number of aryl methyl sites for hydroxylation is 1. The van der Waals surface area contributed by atoms with E-state index in [4.69, 9.17) is 10.2 Å². The van der Waals surface area contributed by atoms with Crippen molar-refractivity contribution in [1.82, 2.24) is 4.90 Å². The largest absolute Gasteiger partial charge is 0.465 e. The first kappa shape index (κ1) is 14.2. The van der Waals surface area contributed by atoms with E-state index < -0.39 is 0 Å². The Morgan fingerprint density at radius 2 is 1.85 bits per heavy atom. The first-order valence-electron chi connectivity index (χ1n) is 8.23. The quantitative estimate of drug-likeness (QED) is 0.916. The Morgan fingerprint density at radius 3 is 2.40 bits per heavy atom. The molecular weight excluding hydrogens is 248 g/mol. The fraction of sp³-hybridized carbons (Fsp3) is 0.765. The molecule has 1 aliphatic carbocycles. The lowest BCUT2D eigenvalue weighted by Gasteiger charge is -2.46. The van der Waals surface area contributed by atoms with Gasteiger partial charge in [-0.05, 0) is 63.2 Å². The summed E-state index contributed by atoms with van der Waals surface area (Å²) in [5.74, 6) is 2.03. The molecule has 1 aliphatic heterocycles. The molecule has 2 heterocycles. The molecule has 0 radical (unpaired) electrons. The molecule has 1 atom stereocenters. The Kier molecular flexibility index (Phi) is 4.18. The van der Waals surface area contributed by atoms with Gasteiger partial charge in [-0.2, -0.15) is 0 Å². The molecule has 3 heteroatoms. The first-order valence-corrected chi connectivity index (χ1v) is 8.23. The Labute approximate surface area is 122 Å². The van der Waals surface area contributed by atoms with Gasteiger partial charge in [0, 0.05) is 6.54 Å². The van der Waals surface area contributed by atoms with Gasteiger partial charge in [0.25, 0.3) is 0 Å². The van der Waals surface area contributed by atoms with Gasteiger partial charge in [-0.3, -0.25) is 4.90 Å². The molecule has 0 aromatic carbocycles. The number of likely N-dealkylation sites (tertiary alicyclic amines) is 1. The highest BCUT2D eigenvalue weighted by Crippen LogP contribution is 2.45. The summed E-state index contributed by atoms with van der Waals surface area (Å²) in [6.07, 6.45) is 9.94. The molecule has 3 nitrogen and oxygen atoms in total. The second kappa shape index (κ2) is 5.90. The zero-order valence-electron chi connectivity index (χ0n) is 12.7. The summed E-state index contributed by atoms with van der Waals surface area (Å²) in [6, 6.07) is 4.41. The van der Waals surface area contributed by atoms with Crippen molar-refractivity contribution in [2.75, 3.05) is 19.6 Å². The molecular formula is C17H28N2O. The second-order valence-corrected chi connectivity index (χ2v) is 6.80. The Balaban J connectivity index is 1.64. The van der Waals surface area contributed by atoms with Crippen molar-refractivity contribution in [2.24, 2.45) is 11.1 Å². The Hall–Kier alpha value is -0.800. The molecule has 20 heavy (non-hydrogen) atoms. The van der Waals surface area contributed by atoms with Gasteiger partial charge in [-0.1, -0.05) is 19.3 Å². The molecule has 1 unspecified atom stereocenters. The van der Waals surface area contributed by atoms with Gasteiger partial charge >= 0.3 is 0 Å². The minimum Gasteiger partial charge on any atom is -0.465 e. The van der Waals surface area contributed by atoms with E-state index in [0.29, 0.717) is 12.0 Å². The molecule has 1 aromatic heterocycles. The van der Waals surface area contributed by atoms with Crippen LogP contribution >= 0.6 is 0 Å². The van der Waals surface area contributed by atoms with Crippen LogP contribution in [0.25, 0.3) is 0 Å². The highest BCUT2D eigenvalue weighted by molar-refractivity contribution is 5.11. The summed E-state index contributed by atoms with van der Waals surface area (Å²) in [5.41, 5.74) is 6.67. The number of nitrogens with zero attached hydrogens (tertiary/aromatic N) is 1. The molecule has 3 rings (SSSR count). The fourth-order valence-electron chi connectivity index (χ4n) is 4.19. The molecule has 112 valence electrons. The number of nitrogens with two attached hydrogens (primary N) is 1. The standard InChI is InChI=1S/C17H28N2O/c1-14-5-6-16(20-14)15(13-18)19-11-9-17(10-12-19)7-3-2-4-8-17/h5-6,15H,2-4,7-13,18H2,1H3. The van der Waals surface area contributed by atoms with E-state index in [-0.39, 0.29) is 6.04 Å². The number of piperidine rings is 1. The summed E-state index contributed by atoms with van der Waals surface area (Å²) < 4.78 is 5.81. The maximum Gasteiger partial charge on any atom is 0.122 e. The average molecular weight is 276 g/mol. The topological polar surface area (TPSA) is 42.4 Å². The van der Waals surface area contributed by atoms with Crippen LogP contribution in [0.15, 0.2) is 16.5 Å². The number of hydrogen-bond donors (Lipinski definition) is 1. The molecule has 1 saturated heterocycles. The van der Waals surface area contributed by atoms with Gasteiger partial charge in [0.2, 0.25) is 0 Å². The lowest BCUT2D eigenvalue weighted by atomic mass is 9.68. The van der Waals surface area contributed by atoms with Gasteiger partial charge in [0.15, 0.2) is 0 Å². The van der Waals surface area contributed by atoms with E-state index in [1.54, 1.807) is 0 Å². The van der Waals surface area contributed by atoms with Crippen LogP contribution < -0.4 is 5.73 Å². The predicted octanol–water partition coefficient (Wildman–Crippen LogP) is 3.63. The van der Waals surface area contributed by atoms with Crippen LogP contribution in [0, 0.1) is 12.3 Å². The van der Waals surface area contributed by atoms with E-state index in [9.17, 15) is 0 Å². The van der Waals surface area contributed by atoms with Crippen molar-refractivity contribution >= 4 is 0 Å². The monoisotopic (exact) mass is 276 g/mol. The molecule has 1 aromatic rings. The van der Waals surface area contributed by atoms with Gasteiger partial charge in [0.05, 0.1) is 6.04 Å². The van der Waals surface area contributed by atoms with E-state index in [1.807, 2.05) is 13.0 Å². The molecule has 2 fully saturated rings. The third-order valence-corrected chi connectivity index (χ3v) is 5.53. The zero-order valence-corrected chi connectivity index (χ0v) is 12.7. The van der Waals surface area contributed by atoms with Crippen molar-refractivity contribution in [3.63, 3.8) is 0 Å². The van der Waals surface area contributed by atoms with Crippen LogP contribution in [-0.4, -0.2) is 24.5 Å². The number of hydrogen-bond acceptors (Lipinski definition) is 3. The van der Waals surface area contributed by atoms with Gasteiger partial charge in [-0.25, -0.2) is 0 Å². The minimum atomic E-state index is 0.268. The van der Waals surface area contributed by atoms with Crippen molar-refractivity contribution in [2.45, 2.75) is 57.9 Å². The van der Waals surface area contributed by atoms with E-state index in [1.165, 1.54) is 58.0 Å².